The van der Waals surface area contributed by atoms with Crippen molar-refractivity contribution in [1.29, 1.82) is 0 Å². The van der Waals surface area contributed by atoms with Crippen molar-refractivity contribution in [1.82, 2.24) is 20.3 Å². The molecule has 1 unspecified atom stereocenters. The van der Waals surface area contributed by atoms with Gasteiger partial charge in [0.2, 0.25) is 0 Å². The Hall–Kier alpha value is -2.99. The average Bonchev–Trinajstić information content (AvgIpc) is 3.29. The number of hydrogen-bond acceptors (Lipinski definition) is 3. The standard InChI is InChI=1S/C23H27N5O/c1-16-9-10-21(17(2)13-16)28-25-18(3)22(26-28)23(29)24-20-11-12-27(15-20)14-19-7-5-4-6-8-19/h4-10,13,20H,11-12,14-15H2,1-3H3,(H,24,29)/p+1/t20-/m0/s1. The highest BCUT2D eigenvalue weighted by molar-refractivity contribution is 5.93. The van der Waals surface area contributed by atoms with Crippen LogP contribution in [0.15, 0.2) is 48.5 Å². The van der Waals surface area contributed by atoms with Crippen LogP contribution in [0.2, 0.25) is 0 Å². The summed E-state index contributed by atoms with van der Waals surface area (Å²) in [6, 6.07) is 16.8. The second kappa shape index (κ2) is 8.17. The predicted octanol–water partition coefficient (Wildman–Crippen LogP) is 1.78. The third-order valence-electron chi connectivity index (χ3n) is 5.58. The molecule has 1 amide bonds. The summed E-state index contributed by atoms with van der Waals surface area (Å²) in [6.45, 7) is 8.92. The molecule has 4 rings (SSSR count). The van der Waals surface area contributed by atoms with Gasteiger partial charge in [-0.25, -0.2) is 0 Å². The molecule has 2 N–H and O–H groups in total. The third-order valence-corrected chi connectivity index (χ3v) is 5.58. The molecule has 0 bridgehead atoms. The van der Waals surface area contributed by atoms with Crippen LogP contribution < -0.4 is 10.2 Å². The fourth-order valence-electron chi connectivity index (χ4n) is 4.08. The first-order chi connectivity index (χ1) is 14.0. The summed E-state index contributed by atoms with van der Waals surface area (Å²) in [6.07, 6.45) is 0.984. The van der Waals surface area contributed by atoms with Crippen LogP contribution in [0.4, 0.5) is 0 Å². The summed E-state index contributed by atoms with van der Waals surface area (Å²) in [4.78, 5) is 15.9. The summed E-state index contributed by atoms with van der Waals surface area (Å²) < 4.78 is 0. The first-order valence-electron chi connectivity index (χ1n) is 10.2. The van der Waals surface area contributed by atoms with E-state index >= 15 is 0 Å². The van der Waals surface area contributed by atoms with Gasteiger partial charge in [-0.1, -0.05) is 48.0 Å². The van der Waals surface area contributed by atoms with E-state index in [-0.39, 0.29) is 11.9 Å². The zero-order chi connectivity index (χ0) is 20.4. The summed E-state index contributed by atoms with van der Waals surface area (Å²) in [5.74, 6) is -0.135. The molecular formula is C23H28N5O+. The molecule has 0 aliphatic carbocycles. The highest BCUT2D eigenvalue weighted by Gasteiger charge is 2.29. The number of carbonyl (C=O) groups is 1. The van der Waals surface area contributed by atoms with E-state index in [1.54, 1.807) is 4.80 Å². The molecule has 6 nitrogen and oxygen atoms in total. The van der Waals surface area contributed by atoms with Crippen LogP contribution in [-0.4, -0.2) is 40.0 Å². The molecule has 3 aromatic rings. The SMILES string of the molecule is Cc1ccc(-n2nc(C)c(C(=O)N[C@H]3CC[NH+](Cc4ccccc4)C3)n2)c(C)c1. The fourth-order valence-corrected chi connectivity index (χ4v) is 4.08. The van der Waals surface area contributed by atoms with Gasteiger partial charge in [0.15, 0.2) is 5.69 Å². The van der Waals surface area contributed by atoms with Crippen molar-refractivity contribution in [3.8, 4) is 5.69 Å². The Labute approximate surface area is 171 Å². The molecule has 2 atom stereocenters. The molecule has 0 saturated carbocycles. The van der Waals surface area contributed by atoms with Crippen LogP contribution in [0.5, 0.6) is 0 Å². The maximum atomic E-state index is 12.8. The maximum absolute atomic E-state index is 12.8. The zero-order valence-corrected chi connectivity index (χ0v) is 17.3. The third kappa shape index (κ3) is 4.38. The Morgan fingerprint density at radius 2 is 1.93 bits per heavy atom. The quantitative estimate of drug-likeness (QED) is 0.698. The lowest BCUT2D eigenvalue weighted by Crippen LogP contribution is -3.09. The molecule has 0 spiro atoms. The lowest BCUT2D eigenvalue weighted by molar-refractivity contribution is -0.901. The number of aryl methyl sites for hydroxylation is 3. The van der Waals surface area contributed by atoms with Crippen molar-refractivity contribution in [3.05, 3.63) is 76.6 Å². The van der Waals surface area contributed by atoms with Gasteiger partial charge in [0.1, 0.15) is 6.54 Å². The molecular weight excluding hydrogens is 362 g/mol. The monoisotopic (exact) mass is 390 g/mol. The molecule has 1 fully saturated rings. The number of quaternary nitrogens is 1. The molecule has 2 heterocycles. The molecule has 150 valence electrons. The Kier molecular flexibility index (Phi) is 5.45. The van der Waals surface area contributed by atoms with Gasteiger partial charge in [0.25, 0.3) is 5.91 Å². The van der Waals surface area contributed by atoms with Gasteiger partial charge in [-0.05, 0) is 32.4 Å². The van der Waals surface area contributed by atoms with Gasteiger partial charge >= 0.3 is 0 Å². The number of carbonyl (C=O) groups excluding carboxylic acids is 1. The zero-order valence-electron chi connectivity index (χ0n) is 17.3. The first kappa shape index (κ1) is 19.3. The maximum Gasteiger partial charge on any atom is 0.274 e. The Morgan fingerprint density at radius 3 is 2.69 bits per heavy atom. The fraction of sp³-hybridized carbons (Fsp3) is 0.348. The van der Waals surface area contributed by atoms with Crippen LogP contribution in [-0.2, 0) is 6.54 Å². The minimum absolute atomic E-state index is 0.135. The van der Waals surface area contributed by atoms with Gasteiger partial charge in [0, 0.05) is 12.0 Å². The van der Waals surface area contributed by atoms with E-state index in [0.717, 1.165) is 37.3 Å². The summed E-state index contributed by atoms with van der Waals surface area (Å²) >= 11 is 0. The van der Waals surface area contributed by atoms with E-state index in [9.17, 15) is 4.79 Å². The topological polar surface area (TPSA) is 64.2 Å². The van der Waals surface area contributed by atoms with Crippen molar-refractivity contribution < 1.29 is 9.69 Å². The average molecular weight is 391 g/mol. The van der Waals surface area contributed by atoms with E-state index in [1.165, 1.54) is 16.0 Å². The van der Waals surface area contributed by atoms with E-state index in [2.05, 4.69) is 52.8 Å². The highest BCUT2D eigenvalue weighted by atomic mass is 16.2. The minimum Gasteiger partial charge on any atom is -0.342 e. The number of likely N-dealkylation sites (tertiary alicyclic amines) is 1. The first-order valence-corrected chi connectivity index (χ1v) is 10.2. The second-order valence-corrected chi connectivity index (χ2v) is 8.04. The molecule has 6 heteroatoms. The van der Waals surface area contributed by atoms with Crippen molar-refractivity contribution in [2.75, 3.05) is 13.1 Å². The number of rotatable bonds is 5. The Bertz CT molecular complexity index is 1010. The van der Waals surface area contributed by atoms with E-state index in [0.29, 0.717) is 11.4 Å². The van der Waals surface area contributed by atoms with Gasteiger partial charge < -0.3 is 10.2 Å². The van der Waals surface area contributed by atoms with E-state index < -0.39 is 0 Å². The van der Waals surface area contributed by atoms with Crippen molar-refractivity contribution in [3.63, 3.8) is 0 Å². The van der Waals surface area contributed by atoms with Crippen LogP contribution in [0, 0.1) is 20.8 Å². The molecule has 1 aromatic heterocycles. The number of amides is 1. The minimum atomic E-state index is -0.135. The highest BCUT2D eigenvalue weighted by Crippen LogP contribution is 2.15. The van der Waals surface area contributed by atoms with Crippen LogP contribution in [0.1, 0.15) is 39.3 Å². The predicted molar refractivity (Wildman–Crippen MR) is 112 cm³/mol. The lowest BCUT2D eigenvalue weighted by atomic mass is 10.1. The van der Waals surface area contributed by atoms with Crippen LogP contribution >= 0.6 is 0 Å². The van der Waals surface area contributed by atoms with Crippen molar-refractivity contribution in [2.45, 2.75) is 39.8 Å². The molecule has 0 radical (unpaired) electrons. The normalized spacial score (nSPS) is 18.7. The number of nitrogens with zero attached hydrogens (tertiary/aromatic N) is 3. The van der Waals surface area contributed by atoms with Gasteiger partial charge in [0.05, 0.1) is 30.5 Å². The molecule has 2 aromatic carbocycles. The number of hydrogen-bond donors (Lipinski definition) is 2. The van der Waals surface area contributed by atoms with Gasteiger partial charge in [-0.15, -0.1) is 5.10 Å². The number of benzene rings is 2. The van der Waals surface area contributed by atoms with Crippen LogP contribution in [0.3, 0.4) is 0 Å². The van der Waals surface area contributed by atoms with E-state index in [4.69, 9.17) is 0 Å². The molecule has 1 aliphatic heterocycles. The summed E-state index contributed by atoms with van der Waals surface area (Å²) in [5, 5.41) is 12.1. The molecule has 1 saturated heterocycles. The summed E-state index contributed by atoms with van der Waals surface area (Å²) in [7, 11) is 0. The second-order valence-electron chi connectivity index (χ2n) is 8.04. The smallest absolute Gasteiger partial charge is 0.274 e. The van der Waals surface area contributed by atoms with Crippen molar-refractivity contribution in [2.24, 2.45) is 0 Å². The Balaban J connectivity index is 1.41. The molecule has 1 aliphatic rings. The van der Waals surface area contributed by atoms with Crippen molar-refractivity contribution >= 4 is 5.91 Å². The molecule has 29 heavy (non-hydrogen) atoms. The van der Waals surface area contributed by atoms with Crippen LogP contribution in [0.25, 0.3) is 5.69 Å². The number of nitrogens with one attached hydrogen (secondary N) is 2. The summed E-state index contributed by atoms with van der Waals surface area (Å²) in [5.41, 5.74) is 5.56. The van der Waals surface area contributed by atoms with Gasteiger partial charge in [-0.2, -0.15) is 9.90 Å². The van der Waals surface area contributed by atoms with Gasteiger partial charge in [-0.3, -0.25) is 4.79 Å². The largest absolute Gasteiger partial charge is 0.342 e. The van der Waals surface area contributed by atoms with E-state index in [1.807, 2.05) is 32.0 Å². The lowest BCUT2D eigenvalue weighted by Gasteiger charge is -2.14. The Morgan fingerprint density at radius 1 is 1.14 bits per heavy atom. The number of aromatic nitrogens is 3.